The Morgan fingerprint density at radius 3 is 2.71 bits per heavy atom. The fourth-order valence-electron chi connectivity index (χ4n) is 2.61. The van der Waals surface area contributed by atoms with Crippen LogP contribution in [0.4, 0.5) is 9.52 Å². The third-order valence-electron chi connectivity index (χ3n) is 4.13. The van der Waals surface area contributed by atoms with E-state index < -0.39 is 11.7 Å². The number of piperidine rings is 1. The van der Waals surface area contributed by atoms with Gasteiger partial charge in [-0.2, -0.15) is 0 Å². The first kappa shape index (κ1) is 16.6. The fraction of sp³-hybridized carbons (Fsp3) is 0.353. The third-order valence-corrected chi connectivity index (χ3v) is 4.89. The van der Waals surface area contributed by atoms with Gasteiger partial charge in [-0.3, -0.25) is 14.9 Å². The predicted octanol–water partition coefficient (Wildman–Crippen LogP) is 3.41. The molecule has 24 heavy (non-hydrogen) atoms. The second-order valence-electron chi connectivity index (χ2n) is 5.95. The Balaban J connectivity index is 1.66. The lowest BCUT2D eigenvalue weighted by molar-refractivity contribution is 0.0692. The summed E-state index contributed by atoms with van der Waals surface area (Å²) in [4.78, 5) is 30.5. The van der Waals surface area contributed by atoms with Crippen molar-refractivity contribution in [3.63, 3.8) is 0 Å². The summed E-state index contributed by atoms with van der Waals surface area (Å²) in [6, 6.07) is 5.74. The zero-order chi connectivity index (χ0) is 17.1. The second-order valence-corrected chi connectivity index (χ2v) is 6.80. The molecule has 7 heteroatoms. The molecule has 2 aromatic rings. The zero-order valence-corrected chi connectivity index (χ0v) is 14.1. The topological polar surface area (TPSA) is 62.3 Å². The Morgan fingerprint density at radius 1 is 1.29 bits per heavy atom. The van der Waals surface area contributed by atoms with Crippen LogP contribution < -0.4 is 5.32 Å². The minimum absolute atomic E-state index is 0.0504. The fourth-order valence-corrected chi connectivity index (χ4v) is 3.29. The molecule has 0 spiro atoms. The van der Waals surface area contributed by atoms with E-state index in [1.807, 2.05) is 0 Å². The minimum Gasteiger partial charge on any atom is -0.337 e. The molecule has 0 radical (unpaired) electrons. The van der Waals surface area contributed by atoms with Crippen molar-refractivity contribution in [3.8, 4) is 0 Å². The molecule has 2 heterocycles. The number of thiazole rings is 1. The summed E-state index contributed by atoms with van der Waals surface area (Å²) in [5.41, 5.74) is 0.268. The quantitative estimate of drug-likeness (QED) is 0.925. The maximum absolute atomic E-state index is 13.6. The molecule has 1 aliphatic rings. The largest absolute Gasteiger partial charge is 0.337 e. The number of anilines is 1. The number of nitrogens with zero attached hydrogens (tertiary/aromatic N) is 2. The number of likely N-dealkylation sites (tertiary alicyclic amines) is 1. The standard InChI is InChI=1S/C17H18FN3O2S/c1-11-6-8-21(9-7-11)16(23)14-10-24-17(19-14)20-15(22)12-4-2-3-5-13(12)18/h2-5,10-11H,6-9H2,1H3,(H,19,20,22). The van der Waals surface area contributed by atoms with Gasteiger partial charge in [0.25, 0.3) is 11.8 Å². The first-order valence-electron chi connectivity index (χ1n) is 7.85. The lowest BCUT2D eigenvalue weighted by Crippen LogP contribution is -2.38. The molecule has 0 saturated carbocycles. The average Bonchev–Trinajstić information content (AvgIpc) is 3.03. The first-order valence-corrected chi connectivity index (χ1v) is 8.73. The van der Waals surface area contributed by atoms with Crippen LogP contribution in [0.15, 0.2) is 29.6 Å². The maximum Gasteiger partial charge on any atom is 0.273 e. The lowest BCUT2D eigenvalue weighted by Gasteiger charge is -2.29. The van der Waals surface area contributed by atoms with E-state index in [1.165, 1.54) is 18.2 Å². The summed E-state index contributed by atoms with van der Waals surface area (Å²) in [5, 5.41) is 4.45. The van der Waals surface area contributed by atoms with E-state index in [9.17, 15) is 14.0 Å². The summed E-state index contributed by atoms with van der Waals surface area (Å²) in [7, 11) is 0. The first-order chi connectivity index (χ1) is 11.5. The molecule has 5 nitrogen and oxygen atoms in total. The third kappa shape index (κ3) is 3.62. The van der Waals surface area contributed by atoms with Crippen molar-refractivity contribution >= 4 is 28.3 Å². The van der Waals surface area contributed by atoms with Crippen LogP contribution in [0.5, 0.6) is 0 Å². The minimum atomic E-state index is -0.592. The van der Waals surface area contributed by atoms with Crippen LogP contribution in [0.25, 0.3) is 0 Å². The predicted molar refractivity (Wildman–Crippen MR) is 90.8 cm³/mol. The van der Waals surface area contributed by atoms with E-state index in [4.69, 9.17) is 0 Å². The number of carbonyl (C=O) groups is 2. The number of carbonyl (C=O) groups excluding carboxylic acids is 2. The molecule has 1 aromatic heterocycles. The Labute approximate surface area is 143 Å². The molecule has 1 saturated heterocycles. The molecule has 1 fully saturated rings. The van der Waals surface area contributed by atoms with Crippen LogP contribution in [0.1, 0.15) is 40.6 Å². The number of benzene rings is 1. The summed E-state index contributed by atoms with van der Waals surface area (Å²) >= 11 is 1.16. The van der Waals surface area contributed by atoms with Crippen molar-refractivity contribution in [1.29, 1.82) is 0 Å². The monoisotopic (exact) mass is 347 g/mol. The van der Waals surface area contributed by atoms with Gasteiger partial charge in [0.15, 0.2) is 5.13 Å². The van der Waals surface area contributed by atoms with Gasteiger partial charge >= 0.3 is 0 Å². The van der Waals surface area contributed by atoms with Gasteiger partial charge in [-0.1, -0.05) is 19.1 Å². The van der Waals surface area contributed by atoms with E-state index in [2.05, 4.69) is 17.2 Å². The highest BCUT2D eigenvalue weighted by Gasteiger charge is 2.23. The van der Waals surface area contributed by atoms with Crippen molar-refractivity contribution in [2.24, 2.45) is 5.92 Å². The van der Waals surface area contributed by atoms with Crippen molar-refractivity contribution in [3.05, 3.63) is 46.7 Å². The summed E-state index contributed by atoms with van der Waals surface area (Å²) in [6.45, 7) is 3.64. The molecule has 126 valence electrons. The van der Waals surface area contributed by atoms with Crippen molar-refractivity contribution < 1.29 is 14.0 Å². The highest BCUT2D eigenvalue weighted by molar-refractivity contribution is 7.14. The molecule has 1 N–H and O–H groups in total. The molecule has 3 rings (SSSR count). The average molecular weight is 347 g/mol. The SMILES string of the molecule is CC1CCN(C(=O)c2csc(NC(=O)c3ccccc3F)n2)CC1. The smallest absolute Gasteiger partial charge is 0.273 e. The lowest BCUT2D eigenvalue weighted by atomic mass is 9.99. The number of halogens is 1. The normalized spacial score (nSPS) is 15.3. The molecule has 2 amide bonds. The molecule has 1 aliphatic heterocycles. The molecular formula is C17H18FN3O2S. The van der Waals surface area contributed by atoms with E-state index >= 15 is 0 Å². The van der Waals surface area contributed by atoms with E-state index in [1.54, 1.807) is 16.3 Å². The van der Waals surface area contributed by atoms with Crippen LogP contribution in [0.3, 0.4) is 0 Å². The number of nitrogens with one attached hydrogen (secondary N) is 1. The molecule has 0 bridgehead atoms. The van der Waals surface area contributed by atoms with Gasteiger partial charge in [0, 0.05) is 18.5 Å². The number of aromatic nitrogens is 1. The Bertz CT molecular complexity index is 754. The van der Waals surface area contributed by atoms with E-state index in [0.29, 0.717) is 11.6 Å². The van der Waals surface area contributed by atoms with Gasteiger partial charge in [-0.15, -0.1) is 11.3 Å². The highest BCUT2D eigenvalue weighted by Crippen LogP contribution is 2.21. The molecule has 0 atom stereocenters. The Morgan fingerprint density at radius 2 is 2.00 bits per heavy atom. The number of amides is 2. The maximum atomic E-state index is 13.6. The van der Waals surface area contributed by atoms with Crippen molar-refractivity contribution in [2.75, 3.05) is 18.4 Å². The highest BCUT2D eigenvalue weighted by atomic mass is 32.1. The Hall–Kier alpha value is -2.28. The van der Waals surface area contributed by atoms with Gasteiger partial charge in [-0.25, -0.2) is 9.37 Å². The number of hydrogen-bond acceptors (Lipinski definition) is 4. The van der Waals surface area contributed by atoms with Crippen LogP contribution in [-0.2, 0) is 0 Å². The van der Waals surface area contributed by atoms with Crippen LogP contribution in [-0.4, -0.2) is 34.8 Å². The Kier molecular flexibility index (Phi) is 4.89. The van der Waals surface area contributed by atoms with Gasteiger partial charge in [0.05, 0.1) is 5.56 Å². The summed E-state index contributed by atoms with van der Waals surface area (Å²) in [6.07, 6.45) is 1.99. The zero-order valence-electron chi connectivity index (χ0n) is 13.3. The number of hydrogen-bond donors (Lipinski definition) is 1. The second kappa shape index (κ2) is 7.09. The molecule has 1 aromatic carbocycles. The van der Waals surface area contributed by atoms with Crippen LogP contribution >= 0.6 is 11.3 Å². The van der Waals surface area contributed by atoms with Gasteiger partial charge < -0.3 is 4.90 Å². The van der Waals surface area contributed by atoms with Crippen LogP contribution in [0, 0.1) is 11.7 Å². The van der Waals surface area contributed by atoms with Gasteiger partial charge in [0.2, 0.25) is 0 Å². The van der Waals surface area contributed by atoms with Crippen molar-refractivity contribution in [1.82, 2.24) is 9.88 Å². The molecular weight excluding hydrogens is 329 g/mol. The van der Waals surface area contributed by atoms with Crippen LogP contribution in [0.2, 0.25) is 0 Å². The summed E-state index contributed by atoms with van der Waals surface area (Å²) < 4.78 is 13.6. The number of rotatable bonds is 3. The van der Waals surface area contributed by atoms with Gasteiger partial charge in [-0.05, 0) is 30.9 Å². The van der Waals surface area contributed by atoms with Gasteiger partial charge in [0.1, 0.15) is 11.5 Å². The molecule has 0 unspecified atom stereocenters. The van der Waals surface area contributed by atoms with Crippen molar-refractivity contribution in [2.45, 2.75) is 19.8 Å². The van der Waals surface area contributed by atoms with E-state index in [0.717, 1.165) is 37.3 Å². The summed E-state index contributed by atoms with van der Waals surface area (Å²) in [5.74, 6) is -0.650. The van der Waals surface area contributed by atoms with E-state index in [-0.39, 0.29) is 16.6 Å². The molecule has 0 aliphatic carbocycles.